The molecule has 1 saturated heterocycles. The van der Waals surface area contributed by atoms with E-state index in [1.165, 1.54) is 24.3 Å². The molecular formula is C17H13F3N6O. The predicted molar refractivity (Wildman–Crippen MR) is 88.6 cm³/mol. The second-order valence-electron chi connectivity index (χ2n) is 6.29. The van der Waals surface area contributed by atoms with Crippen molar-refractivity contribution in [3.05, 3.63) is 36.4 Å². The lowest BCUT2D eigenvalue weighted by atomic mass is 9.82. The molecule has 0 amide bonds. The smallest absolute Gasteiger partial charge is 0.406 e. The molecule has 2 aromatic heterocycles. The average molecular weight is 374 g/mol. The van der Waals surface area contributed by atoms with E-state index in [1.54, 1.807) is 17.9 Å². The number of nitrogens with one attached hydrogen (secondary N) is 1. The van der Waals surface area contributed by atoms with Crippen molar-refractivity contribution in [2.45, 2.75) is 11.8 Å². The highest BCUT2D eigenvalue weighted by Crippen LogP contribution is 2.32. The molecule has 10 heteroatoms. The summed E-state index contributed by atoms with van der Waals surface area (Å²) in [6.45, 7) is 0.870. The van der Waals surface area contributed by atoms with Gasteiger partial charge in [0.15, 0.2) is 11.5 Å². The first-order chi connectivity index (χ1) is 12.8. The number of ether oxygens (including phenoxy) is 1. The number of aromatic nitrogens is 4. The molecule has 27 heavy (non-hydrogen) atoms. The van der Waals surface area contributed by atoms with E-state index < -0.39 is 11.8 Å². The number of benzene rings is 1. The molecule has 0 atom stereocenters. The summed E-state index contributed by atoms with van der Waals surface area (Å²) in [6, 6.07) is 7.63. The summed E-state index contributed by atoms with van der Waals surface area (Å²) in [6.07, 6.45) is -3.18. The molecule has 4 rings (SSSR count). The topological polar surface area (TPSA) is 88.6 Å². The SMILES string of the molecule is Cn1cnc2c(-c3ccc(OC(F)(F)F)cc3)nc(C3(C#N)CNC3)nc21. The van der Waals surface area contributed by atoms with Crippen molar-refractivity contribution in [2.75, 3.05) is 13.1 Å². The fraction of sp³-hybridized carbons (Fsp3) is 0.294. The van der Waals surface area contributed by atoms with Crippen molar-refractivity contribution in [3.63, 3.8) is 0 Å². The minimum Gasteiger partial charge on any atom is -0.406 e. The van der Waals surface area contributed by atoms with Crippen LogP contribution in [-0.2, 0) is 12.5 Å². The molecule has 1 aromatic carbocycles. The van der Waals surface area contributed by atoms with Gasteiger partial charge in [0.05, 0.1) is 12.4 Å². The highest BCUT2D eigenvalue weighted by Gasteiger charge is 2.43. The van der Waals surface area contributed by atoms with Crippen molar-refractivity contribution >= 4 is 11.2 Å². The monoisotopic (exact) mass is 374 g/mol. The highest BCUT2D eigenvalue weighted by molar-refractivity contribution is 5.87. The first kappa shape index (κ1) is 17.2. The molecule has 0 radical (unpaired) electrons. The van der Waals surface area contributed by atoms with Gasteiger partial charge < -0.3 is 14.6 Å². The maximum Gasteiger partial charge on any atom is 0.573 e. The van der Waals surface area contributed by atoms with E-state index >= 15 is 0 Å². The zero-order valence-electron chi connectivity index (χ0n) is 14.1. The number of nitrogens with zero attached hydrogens (tertiary/aromatic N) is 5. The molecule has 0 unspecified atom stereocenters. The van der Waals surface area contributed by atoms with E-state index in [1.807, 2.05) is 0 Å². The maximum atomic E-state index is 12.4. The minimum absolute atomic E-state index is 0.325. The van der Waals surface area contributed by atoms with Crippen LogP contribution in [0.1, 0.15) is 5.82 Å². The summed E-state index contributed by atoms with van der Waals surface area (Å²) in [7, 11) is 1.77. The summed E-state index contributed by atoms with van der Waals surface area (Å²) in [4.78, 5) is 13.3. The molecule has 3 aromatic rings. The van der Waals surface area contributed by atoms with Crippen LogP contribution >= 0.6 is 0 Å². The van der Waals surface area contributed by atoms with Gasteiger partial charge in [0.1, 0.15) is 22.4 Å². The molecule has 1 aliphatic rings. The third-order valence-electron chi connectivity index (χ3n) is 4.42. The average Bonchev–Trinajstić information content (AvgIpc) is 2.95. The fourth-order valence-corrected chi connectivity index (χ4v) is 2.90. The van der Waals surface area contributed by atoms with Gasteiger partial charge in [-0.2, -0.15) is 5.26 Å². The maximum absolute atomic E-state index is 12.4. The summed E-state index contributed by atoms with van der Waals surface area (Å²) in [5, 5.41) is 12.6. The summed E-state index contributed by atoms with van der Waals surface area (Å²) in [5.74, 6) is 0.0416. The van der Waals surface area contributed by atoms with Gasteiger partial charge in [-0.25, -0.2) is 15.0 Å². The van der Waals surface area contributed by atoms with E-state index in [2.05, 4.69) is 31.1 Å². The molecule has 1 fully saturated rings. The molecule has 0 spiro atoms. The van der Waals surface area contributed by atoms with Crippen LogP contribution in [0.25, 0.3) is 22.4 Å². The number of rotatable bonds is 3. The number of fused-ring (bicyclic) bond motifs is 1. The number of imidazole rings is 1. The van der Waals surface area contributed by atoms with Gasteiger partial charge in [-0.1, -0.05) is 0 Å². The van der Waals surface area contributed by atoms with Gasteiger partial charge in [0.25, 0.3) is 0 Å². The van der Waals surface area contributed by atoms with Crippen LogP contribution in [0, 0.1) is 11.3 Å². The molecule has 1 aliphatic heterocycles. The summed E-state index contributed by atoms with van der Waals surface area (Å²) < 4.78 is 42.7. The van der Waals surface area contributed by atoms with Crippen molar-refractivity contribution < 1.29 is 17.9 Å². The van der Waals surface area contributed by atoms with Crippen molar-refractivity contribution in [3.8, 4) is 23.1 Å². The number of hydrogen-bond donors (Lipinski definition) is 1. The van der Waals surface area contributed by atoms with Crippen LogP contribution in [0.2, 0.25) is 0 Å². The van der Waals surface area contributed by atoms with Gasteiger partial charge in [0, 0.05) is 25.7 Å². The van der Waals surface area contributed by atoms with E-state index in [0.29, 0.717) is 41.3 Å². The Bertz CT molecular complexity index is 1050. The molecule has 0 saturated carbocycles. The molecule has 3 heterocycles. The second-order valence-corrected chi connectivity index (χ2v) is 6.29. The second kappa shape index (κ2) is 5.92. The van der Waals surface area contributed by atoms with E-state index in [0.717, 1.165) is 0 Å². The van der Waals surface area contributed by atoms with Gasteiger partial charge in [-0.05, 0) is 24.3 Å². The first-order valence-corrected chi connectivity index (χ1v) is 7.99. The minimum atomic E-state index is -4.76. The Labute approximate surface area is 151 Å². The van der Waals surface area contributed by atoms with Crippen molar-refractivity contribution in [2.24, 2.45) is 7.05 Å². The van der Waals surface area contributed by atoms with Gasteiger partial charge >= 0.3 is 6.36 Å². The Kier molecular flexibility index (Phi) is 3.78. The van der Waals surface area contributed by atoms with Gasteiger partial charge in [-0.3, -0.25) is 0 Å². The number of nitriles is 1. The molecule has 0 aliphatic carbocycles. The van der Waals surface area contributed by atoms with Crippen molar-refractivity contribution in [1.82, 2.24) is 24.8 Å². The first-order valence-electron chi connectivity index (χ1n) is 7.99. The van der Waals surface area contributed by atoms with Crippen LogP contribution in [0.15, 0.2) is 30.6 Å². The Morgan fingerprint density at radius 3 is 2.48 bits per heavy atom. The largest absolute Gasteiger partial charge is 0.573 e. The van der Waals surface area contributed by atoms with Gasteiger partial charge in [0.2, 0.25) is 0 Å². The molecule has 1 N–H and O–H groups in total. The Balaban J connectivity index is 1.82. The number of aryl methyl sites for hydroxylation is 1. The fourth-order valence-electron chi connectivity index (χ4n) is 2.90. The number of hydrogen-bond acceptors (Lipinski definition) is 6. The van der Waals surface area contributed by atoms with E-state index in [-0.39, 0.29) is 5.75 Å². The molecule has 7 nitrogen and oxygen atoms in total. The normalized spacial score (nSPS) is 16.0. The van der Waals surface area contributed by atoms with Crippen LogP contribution in [-0.4, -0.2) is 39.0 Å². The molecule has 138 valence electrons. The predicted octanol–water partition coefficient (Wildman–Crippen LogP) is 2.29. The lowest BCUT2D eigenvalue weighted by molar-refractivity contribution is -0.274. The molecule has 0 bridgehead atoms. The van der Waals surface area contributed by atoms with Crippen LogP contribution in [0.4, 0.5) is 13.2 Å². The lowest BCUT2D eigenvalue weighted by Crippen LogP contribution is -2.56. The highest BCUT2D eigenvalue weighted by atomic mass is 19.4. The Morgan fingerprint density at radius 1 is 1.22 bits per heavy atom. The van der Waals surface area contributed by atoms with Gasteiger partial charge in [-0.15, -0.1) is 13.2 Å². The standard InChI is InChI=1S/C17H13F3N6O/c1-26-9-23-13-12(10-2-4-11(5-3-10)27-17(18,19)20)24-15(25-14(13)26)16(6-21)7-22-8-16/h2-5,9,22H,7-8H2,1H3. The summed E-state index contributed by atoms with van der Waals surface area (Å²) >= 11 is 0. The molecular weight excluding hydrogens is 361 g/mol. The van der Waals surface area contributed by atoms with E-state index in [9.17, 15) is 18.4 Å². The lowest BCUT2D eigenvalue weighted by Gasteiger charge is -2.34. The van der Waals surface area contributed by atoms with Crippen LogP contribution < -0.4 is 10.1 Å². The zero-order valence-corrected chi connectivity index (χ0v) is 14.1. The Morgan fingerprint density at radius 2 is 1.93 bits per heavy atom. The third kappa shape index (κ3) is 2.96. The van der Waals surface area contributed by atoms with Crippen molar-refractivity contribution in [1.29, 1.82) is 5.26 Å². The van der Waals surface area contributed by atoms with E-state index in [4.69, 9.17) is 0 Å². The summed E-state index contributed by atoms with van der Waals surface area (Å²) in [5.41, 5.74) is 1.23. The zero-order chi connectivity index (χ0) is 19.2. The van der Waals surface area contributed by atoms with Crippen LogP contribution in [0.3, 0.4) is 0 Å². The number of alkyl halides is 3. The third-order valence-corrected chi connectivity index (χ3v) is 4.42. The number of halogens is 3. The quantitative estimate of drug-likeness (QED) is 0.757. The Hall–Kier alpha value is -3.19. The van der Waals surface area contributed by atoms with Crippen LogP contribution in [0.5, 0.6) is 5.75 Å².